The fourth-order valence-corrected chi connectivity index (χ4v) is 1.44. The van der Waals surface area contributed by atoms with Crippen molar-refractivity contribution in [1.29, 1.82) is 0 Å². The third kappa shape index (κ3) is 2.46. The van der Waals surface area contributed by atoms with Crippen molar-refractivity contribution in [3.05, 3.63) is 34.6 Å². The number of aliphatic carboxylic acids is 1. The van der Waals surface area contributed by atoms with Crippen molar-refractivity contribution in [2.45, 2.75) is 6.42 Å². The van der Waals surface area contributed by atoms with Gasteiger partial charge < -0.3 is 9.63 Å². The van der Waals surface area contributed by atoms with Gasteiger partial charge in [-0.3, -0.25) is 4.79 Å². The standard InChI is InChI=1S/C10H7BrN2O3/c11-7-3-1-6(2-4-7)10-12-8(16-13-10)5-9(14)15/h1-4H,5H2,(H,14,15). The molecule has 6 heteroatoms. The number of halogens is 1. The maximum atomic E-state index is 10.4. The lowest BCUT2D eigenvalue weighted by Gasteiger charge is -1.93. The number of nitrogens with zero attached hydrogens (tertiary/aromatic N) is 2. The Hall–Kier alpha value is -1.69. The molecule has 16 heavy (non-hydrogen) atoms. The fourth-order valence-electron chi connectivity index (χ4n) is 1.17. The van der Waals surface area contributed by atoms with Gasteiger partial charge in [-0.2, -0.15) is 4.98 Å². The van der Waals surface area contributed by atoms with E-state index in [9.17, 15) is 4.79 Å². The molecule has 0 saturated carbocycles. The van der Waals surface area contributed by atoms with Gasteiger partial charge in [0.1, 0.15) is 6.42 Å². The van der Waals surface area contributed by atoms with E-state index in [1.54, 1.807) is 0 Å². The molecule has 1 aromatic carbocycles. The van der Waals surface area contributed by atoms with Crippen molar-refractivity contribution in [3.63, 3.8) is 0 Å². The van der Waals surface area contributed by atoms with Gasteiger partial charge in [0.15, 0.2) is 0 Å². The fraction of sp³-hybridized carbons (Fsp3) is 0.100. The molecule has 0 aliphatic heterocycles. The molecular weight excluding hydrogens is 276 g/mol. The number of carbonyl (C=O) groups is 1. The Bertz CT molecular complexity index is 507. The van der Waals surface area contributed by atoms with Gasteiger partial charge in [0.05, 0.1) is 0 Å². The van der Waals surface area contributed by atoms with Gasteiger partial charge in [-0.15, -0.1) is 0 Å². The first-order valence-corrected chi connectivity index (χ1v) is 5.25. The van der Waals surface area contributed by atoms with E-state index in [0.29, 0.717) is 5.82 Å². The summed E-state index contributed by atoms with van der Waals surface area (Å²) in [6.07, 6.45) is -0.260. The van der Waals surface area contributed by atoms with Crippen LogP contribution in [0.3, 0.4) is 0 Å². The van der Waals surface area contributed by atoms with Gasteiger partial charge in [0.25, 0.3) is 0 Å². The van der Waals surface area contributed by atoms with Crippen LogP contribution in [0, 0.1) is 0 Å². The highest BCUT2D eigenvalue weighted by molar-refractivity contribution is 9.10. The molecular formula is C10H7BrN2O3. The van der Waals surface area contributed by atoms with Crippen LogP contribution in [0.25, 0.3) is 11.4 Å². The van der Waals surface area contributed by atoms with E-state index in [0.717, 1.165) is 10.0 Å². The van der Waals surface area contributed by atoms with Crippen LogP contribution in [0.4, 0.5) is 0 Å². The largest absolute Gasteiger partial charge is 0.481 e. The first-order valence-electron chi connectivity index (χ1n) is 4.45. The molecule has 2 aromatic rings. The van der Waals surface area contributed by atoms with Crippen molar-refractivity contribution in [1.82, 2.24) is 10.1 Å². The van der Waals surface area contributed by atoms with Gasteiger partial charge >= 0.3 is 5.97 Å². The van der Waals surface area contributed by atoms with E-state index in [1.165, 1.54) is 0 Å². The van der Waals surface area contributed by atoms with Gasteiger partial charge in [-0.1, -0.05) is 21.1 Å². The van der Waals surface area contributed by atoms with Crippen molar-refractivity contribution in [2.75, 3.05) is 0 Å². The molecule has 0 bridgehead atoms. The zero-order valence-corrected chi connectivity index (χ0v) is 9.64. The van der Waals surface area contributed by atoms with Crippen LogP contribution in [0.1, 0.15) is 5.89 Å². The smallest absolute Gasteiger partial charge is 0.312 e. The third-order valence-electron chi connectivity index (χ3n) is 1.87. The number of benzene rings is 1. The predicted octanol–water partition coefficient (Wildman–Crippen LogP) is 2.13. The zero-order chi connectivity index (χ0) is 11.5. The summed E-state index contributed by atoms with van der Waals surface area (Å²) in [6.45, 7) is 0. The summed E-state index contributed by atoms with van der Waals surface area (Å²) in [6, 6.07) is 7.34. The maximum Gasteiger partial charge on any atom is 0.312 e. The topological polar surface area (TPSA) is 76.2 Å². The quantitative estimate of drug-likeness (QED) is 0.933. The van der Waals surface area contributed by atoms with E-state index in [-0.39, 0.29) is 12.3 Å². The number of hydrogen-bond acceptors (Lipinski definition) is 4. The molecule has 0 amide bonds. The summed E-state index contributed by atoms with van der Waals surface area (Å²) in [7, 11) is 0. The van der Waals surface area contributed by atoms with Crippen LogP contribution < -0.4 is 0 Å². The Morgan fingerprint density at radius 3 is 2.69 bits per heavy atom. The first kappa shape index (κ1) is 10.8. The lowest BCUT2D eigenvalue weighted by Crippen LogP contribution is -1.99. The van der Waals surface area contributed by atoms with E-state index in [4.69, 9.17) is 9.63 Å². The SMILES string of the molecule is O=C(O)Cc1nc(-c2ccc(Br)cc2)no1. The van der Waals surface area contributed by atoms with E-state index >= 15 is 0 Å². The zero-order valence-electron chi connectivity index (χ0n) is 8.05. The average molecular weight is 283 g/mol. The van der Waals surface area contributed by atoms with Gasteiger partial charge in [-0.25, -0.2) is 0 Å². The highest BCUT2D eigenvalue weighted by Gasteiger charge is 2.11. The average Bonchev–Trinajstić information content (AvgIpc) is 2.66. The van der Waals surface area contributed by atoms with Crippen molar-refractivity contribution >= 4 is 21.9 Å². The van der Waals surface area contributed by atoms with Crippen molar-refractivity contribution < 1.29 is 14.4 Å². The van der Waals surface area contributed by atoms with Crippen molar-refractivity contribution in [3.8, 4) is 11.4 Å². The Labute approximate surface area is 99.2 Å². The summed E-state index contributed by atoms with van der Waals surface area (Å²) >= 11 is 3.31. The Balaban J connectivity index is 2.24. The van der Waals surface area contributed by atoms with Crippen LogP contribution in [-0.2, 0) is 11.2 Å². The monoisotopic (exact) mass is 282 g/mol. The second-order valence-corrected chi connectivity index (χ2v) is 4.00. The molecule has 0 unspecified atom stereocenters. The first-order chi connectivity index (χ1) is 7.65. The summed E-state index contributed by atoms with van der Waals surface area (Å²) in [4.78, 5) is 14.4. The van der Waals surface area contributed by atoms with E-state index < -0.39 is 5.97 Å². The van der Waals surface area contributed by atoms with Gasteiger partial charge in [0, 0.05) is 10.0 Å². The van der Waals surface area contributed by atoms with Crippen LogP contribution >= 0.6 is 15.9 Å². The predicted molar refractivity (Wildman–Crippen MR) is 58.8 cm³/mol. The van der Waals surface area contributed by atoms with Crippen LogP contribution in [0.2, 0.25) is 0 Å². The molecule has 0 aliphatic rings. The molecule has 1 N–H and O–H groups in total. The number of aromatic nitrogens is 2. The molecule has 0 aliphatic carbocycles. The van der Waals surface area contributed by atoms with Crippen LogP contribution in [-0.4, -0.2) is 21.2 Å². The van der Waals surface area contributed by atoms with E-state index in [2.05, 4.69) is 26.1 Å². The maximum absolute atomic E-state index is 10.4. The second kappa shape index (κ2) is 4.44. The van der Waals surface area contributed by atoms with Crippen LogP contribution in [0.5, 0.6) is 0 Å². The summed E-state index contributed by atoms with van der Waals surface area (Å²) in [5.41, 5.74) is 0.781. The minimum Gasteiger partial charge on any atom is -0.481 e. The number of rotatable bonds is 3. The molecule has 0 fully saturated rings. The van der Waals surface area contributed by atoms with Gasteiger partial charge in [-0.05, 0) is 24.3 Å². The minimum absolute atomic E-state index is 0.102. The van der Waals surface area contributed by atoms with Gasteiger partial charge in [0.2, 0.25) is 11.7 Å². The van der Waals surface area contributed by atoms with E-state index in [1.807, 2.05) is 24.3 Å². The summed E-state index contributed by atoms with van der Waals surface area (Å²) < 4.78 is 5.76. The normalized spacial score (nSPS) is 10.3. The second-order valence-electron chi connectivity index (χ2n) is 3.09. The lowest BCUT2D eigenvalue weighted by atomic mass is 10.2. The molecule has 0 spiro atoms. The summed E-state index contributed by atoms with van der Waals surface area (Å²) in [5.74, 6) is -0.500. The van der Waals surface area contributed by atoms with Crippen molar-refractivity contribution in [2.24, 2.45) is 0 Å². The minimum atomic E-state index is -0.994. The Morgan fingerprint density at radius 2 is 2.06 bits per heavy atom. The number of hydrogen-bond donors (Lipinski definition) is 1. The highest BCUT2D eigenvalue weighted by atomic mass is 79.9. The molecule has 82 valence electrons. The van der Waals surface area contributed by atoms with Crippen LogP contribution in [0.15, 0.2) is 33.3 Å². The molecule has 1 aromatic heterocycles. The number of carboxylic acid groups (broad SMARTS) is 1. The highest BCUT2D eigenvalue weighted by Crippen LogP contribution is 2.18. The molecule has 0 atom stereocenters. The Morgan fingerprint density at radius 1 is 1.38 bits per heavy atom. The summed E-state index contributed by atoms with van der Waals surface area (Å²) in [5, 5.41) is 12.3. The molecule has 0 saturated heterocycles. The molecule has 0 radical (unpaired) electrons. The molecule has 1 heterocycles. The Kier molecular flexibility index (Phi) is 3.00. The molecule has 5 nitrogen and oxygen atoms in total. The number of carboxylic acids is 1. The lowest BCUT2D eigenvalue weighted by molar-refractivity contribution is -0.136. The molecule has 2 rings (SSSR count). The third-order valence-corrected chi connectivity index (χ3v) is 2.40.